The SMILES string of the molecule is N#CCC(=O)NCC1CCC(O)CC1. The van der Waals surface area contributed by atoms with Crippen LogP contribution in [0.4, 0.5) is 0 Å². The maximum atomic E-state index is 11.0. The lowest BCUT2D eigenvalue weighted by Gasteiger charge is -2.25. The number of carbonyl (C=O) groups is 1. The van der Waals surface area contributed by atoms with Crippen molar-refractivity contribution >= 4 is 5.91 Å². The maximum absolute atomic E-state index is 11.0. The summed E-state index contributed by atoms with van der Waals surface area (Å²) in [6, 6.07) is 1.81. The van der Waals surface area contributed by atoms with Crippen LogP contribution in [0, 0.1) is 17.2 Å². The topological polar surface area (TPSA) is 73.1 Å². The highest BCUT2D eigenvalue weighted by Crippen LogP contribution is 2.23. The van der Waals surface area contributed by atoms with Crippen LogP contribution in [-0.2, 0) is 4.79 Å². The molecule has 78 valence electrons. The van der Waals surface area contributed by atoms with Crippen molar-refractivity contribution < 1.29 is 9.90 Å². The molecule has 0 spiro atoms. The Hall–Kier alpha value is -1.08. The fraction of sp³-hybridized carbons (Fsp3) is 0.800. The number of amides is 1. The molecule has 4 nitrogen and oxygen atoms in total. The van der Waals surface area contributed by atoms with Crippen LogP contribution in [0.1, 0.15) is 32.1 Å². The molecule has 1 saturated carbocycles. The minimum absolute atomic E-state index is 0.0602. The third kappa shape index (κ3) is 3.75. The van der Waals surface area contributed by atoms with Gasteiger partial charge in [0.05, 0.1) is 12.2 Å². The summed E-state index contributed by atoms with van der Waals surface area (Å²) < 4.78 is 0. The van der Waals surface area contributed by atoms with E-state index in [1.807, 2.05) is 6.07 Å². The van der Waals surface area contributed by atoms with E-state index in [1.165, 1.54) is 0 Å². The first-order valence-electron chi connectivity index (χ1n) is 5.04. The van der Waals surface area contributed by atoms with Gasteiger partial charge in [-0.05, 0) is 31.6 Å². The second-order valence-electron chi connectivity index (χ2n) is 3.81. The molecule has 1 amide bonds. The van der Waals surface area contributed by atoms with Crippen LogP contribution in [0.15, 0.2) is 0 Å². The highest BCUT2D eigenvalue weighted by Gasteiger charge is 2.19. The van der Waals surface area contributed by atoms with E-state index >= 15 is 0 Å². The highest BCUT2D eigenvalue weighted by molar-refractivity contribution is 5.77. The van der Waals surface area contributed by atoms with Gasteiger partial charge >= 0.3 is 0 Å². The highest BCUT2D eigenvalue weighted by atomic mass is 16.3. The normalized spacial score (nSPS) is 26.6. The van der Waals surface area contributed by atoms with Crippen molar-refractivity contribution in [3.8, 4) is 6.07 Å². The van der Waals surface area contributed by atoms with Gasteiger partial charge in [0.2, 0.25) is 5.91 Å². The van der Waals surface area contributed by atoms with Crippen LogP contribution in [0.3, 0.4) is 0 Å². The predicted molar refractivity (Wildman–Crippen MR) is 51.2 cm³/mol. The summed E-state index contributed by atoms with van der Waals surface area (Å²) in [5.41, 5.74) is 0. The average Bonchev–Trinajstić information content (AvgIpc) is 2.17. The number of nitrogens with zero attached hydrogens (tertiary/aromatic N) is 1. The summed E-state index contributed by atoms with van der Waals surface area (Å²) in [5, 5.41) is 20.2. The number of aliphatic hydroxyl groups is 1. The number of nitriles is 1. The van der Waals surface area contributed by atoms with Gasteiger partial charge in [0, 0.05) is 6.54 Å². The molecular formula is C10H16N2O2. The Bertz CT molecular complexity index is 227. The smallest absolute Gasteiger partial charge is 0.234 e. The molecule has 0 heterocycles. The van der Waals surface area contributed by atoms with Crippen LogP contribution in [-0.4, -0.2) is 23.7 Å². The summed E-state index contributed by atoms with van der Waals surface area (Å²) in [6.45, 7) is 0.646. The monoisotopic (exact) mass is 196 g/mol. The van der Waals surface area contributed by atoms with E-state index < -0.39 is 0 Å². The number of nitrogens with one attached hydrogen (secondary N) is 1. The first kappa shape index (κ1) is 11.0. The Morgan fingerprint density at radius 2 is 2.07 bits per heavy atom. The van der Waals surface area contributed by atoms with E-state index in [2.05, 4.69) is 5.32 Å². The van der Waals surface area contributed by atoms with Crippen molar-refractivity contribution in [2.24, 2.45) is 5.92 Å². The number of aliphatic hydroxyl groups excluding tert-OH is 1. The summed E-state index contributed by atoms with van der Waals surface area (Å²) in [7, 11) is 0. The Labute approximate surface area is 83.9 Å². The molecule has 14 heavy (non-hydrogen) atoms. The third-order valence-corrected chi connectivity index (χ3v) is 2.64. The lowest BCUT2D eigenvalue weighted by atomic mass is 9.87. The van der Waals surface area contributed by atoms with E-state index in [-0.39, 0.29) is 18.4 Å². The molecule has 1 rings (SSSR count). The molecule has 0 unspecified atom stereocenters. The molecule has 2 N–H and O–H groups in total. The molecule has 1 aliphatic rings. The van der Waals surface area contributed by atoms with E-state index in [0.717, 1.165) is 25.7 Å². The molecule has 0 aliphatic heterocycles. The lowest BCUT2D eigenvalue weighted by molar-refractivity contribution is -0.120. The Morgan fingerprint density at radius 1 is 1.43 bits per heavy atom. The number of hydrogen-bond acceptors (Lipinski definition) is 3. The van der Waals surface area contributed by atoms with Crippen LogP contribution >= 0.6 is 0 Å². The van der Waals surface area contributed by atoms with Gasteiger partial charge in [-0.1, -0.05) is 0 Å². The van der Waals surface area contributed by atoms with Crippen LogP contribution in [0.25, 0.3) is 0 Å². The Kier molecular flexibility index (Phi) is 4.41. The molecule has 1 fully saturated rings. The van der Waals surface area contributed by atoms with Crippen LogP contribution < -0.4 is 5.32 Å². The minimum atomic E-state index is -0.196. The van der Waals surface area contributed by atoms with Gasteiger partial charge in [-0.2, -0.15) is 5.26 Å². The quantitative estimate of drug-likeness (QED) is 0.693. The predicted octanol–water partition coefficient (Wildman–Crippen LogP) is 0.567. The van der Waals surface area contributed by atoms with Crippen LogP contribution in [0.2, 0.25) is 0 Å². The second-order valence-corrected chi connectivity index (χ2v) is 3.81. The van der Waals surface area contributed by atoms with E-state index in [9.17, 15) is 9.90 Å². The van der Waals surface area contributed by atoms with Gasteiger partial charge < -0.3 is 10.4 Å². The molecule has 0 radical (unpaired) electrons. The van der Waals surface area contributed by atoms with E-state index in [4.69, 9.17) is 5.26 Å². The van der Waals surface area contributed by atoms with Crippen molar-refractivity contribution in [1.82, 2.24) is 5.32 Å². The number of carbonyl (C=O) groups excluding carboxylic acids is 1. The molecule has 0 saturated heterocycles. The van der Waals surface area contributed by atoms with Crippen molar-refractivity contribution in [3.63, 3.8) is 0 Å². The zero-order valence-electron chi connectivity index (χ0n) is 8.20. The van der Waals surface area contributed by atoms with Gasteiger partial charge in [0.15, 0.2) is 0 Å². The van der Waals surface area contributed by atoms with Gasteiger partial charge in [0.25, 0.3) is 0 Å². The standard InChI is InChI=1S/C10H16N2O2/c11-6-5-10(14)12-7-8-1-3-9(13)4-2-8/h8-9,13H,1-5,7H2,(H,12,14). The van der Waals surface area contributed by atoms with E-state index in [1.54, 1.807) is 0 Å². The average molecular weight is 196 g/mol. The van der Waals surface area contributed by atoms with Crippen molar-refractivity contribution in [2.45, 2.75) is 38.2 Å². The van der Waals surface area contributed by atoms with Crippen molar-refractivity contribution in [1.29, 1.82) is 5.26 Å². The molecule has 4 heteroatoms. The van der Waals surface area contributed by atoms with Crippen molar-refractivity contribution in [3.05, 3.63) is 0 Å². The first-order valence-corrected chi connectivity index (χ1v) is 5.04. The largest absolute Gasteiger partial charge is 0.393 e. The molecule has 1 aliphatic carbocycles. The van der Waals surface area contributed by atoms with Crippen molar-refractivity contribution in [2.75, 3.05) is 6.54 Å². The summed E-state index contributed by atoms with van der Waals surface area (Å²) >= 11 is 0. The molecule has 0 aromatic heterocycles. The third-order valence-electron chi connectivity index (χ3n) is 2.64. The van der Waals surface area contributed by atoms with Gasteiger partial charge in [0.1, 0.15) is 6.42 Å². The summed E-state index contributed by atoms with van der Waals surface area (Å²) in [4.78, 5) is 11.0. The molecule has 0 aromatic carbocycles. The number of hydrogen-bond donors (Lipinski definition) is 2. The minimum Gasteiger partial charge on any atom is -0.393 e. The number of rotatable bonds is 3. The van der Waals surface area contributed by atoms with E-state index in [0.29, 0.717) is 12.5 Å². The lowest BCUT2D eigenvalue weighted by Crippen LogP contribution is -2.31. The zero-order chi connectivity index (χ0) is 10.4. The van der Waals surface area contributed by atoms with Crippen LogP contribution in [0.5, 0.6) is 0 Å². The Balaban J connectivity index is 2.13. The van der Waals surface area contributed by atoms with Gasteiger partial charge in [-0.25, -0.2) is 0 Å². The molecule has 0 aromatic rings. The second kappa shape index (κ2) is 5.61. The van der Waals surface area contributed by atoms with Gasteiger partial charge in [-0.15, -0.1) is 0 Å². The maximum Gasteiger partial charge on any atom is 0.234 e. The molecule has 0 atom stereocenters. The summed E-state index contributed by atoms with van der Waals surface area (Å²) in [5.74, 6) is 0.277. The Morgan fingerprint density at radius 3 is 2.64 bits per heavy atom. The first-order chi connectivity index (χ1) is 6.72. The fourth-order valence-corrected chi connectivity index (χ4v) is 1.74. The zero-order valence-corrected chi connectivity index (χ0v) is 8.20. The van der Waals surface area contributed by atoms with Gasteiger partial charge in [-0.3, -0.25) is 4.79 Å². The summed E-state index contributed by atoms with van der Waals surface area (Å²) in [6.07, 6.45) is 3.38. The fourth-order valence-electron chi connectivity index (χ4n) is 1.74. The molecule has 0 bridgehead atoms. The molecular weight excluding hydrogens is 180 g/mol.